The number of aliphatic hydroxyl groups is 2. The molecule has 0 aliphatic carbocycles. The zero-order chi connectivity index (χ0) is 18.0. The molecule has 0 saturated carbocycles. The molecule has 0 spiro atoms. The van der Waals surface area contributed by atoms with Gasteiger partial charge < -0.3 is 10.2 Å². The van der Waals surface area contributed by atoms with Crippen molar-refractivity contribution < 1.29 is 19.8 Å². The van der Waals surface area contributed by atoms with Crippen LogP contribution in [0.4, 0.5) is 11.4 Å². The molecule has 2 rings (SSSR count). The van der Waals surface area contributed by atoms with Crippen molar-refractivity contribution >= 4 is 23.5 Å². The summed E-state index contributed by atoms with van der Waals surface area (Å²) in [4.78, 5) is 27.6. The smallest absolute Gasteiger partial charge is 0.240 e. The van der Waals surface area contributed by atoms with Gasteiger partial charge in [0.05, 0.1) is 11.4 Å². The minimum absolute atomic E-state index is 0. The summed E-state index contributed by atoms with van der Waals surface area (Å²) in [5, 5.41) is 14.2. The Morgan fingerprint density at radius 2 is 1.04 bits per heavy atom. The second-order valence-electron chi connectivity index (χ2n) is 5.27. The van der Waals surface area contributed by atoms with Gasteiger partial charge in [0, 0.05) is 5.41 Å². The molecule has 2 aromatic rings. The van der Waals surface area contributed by atoms with Gasteiger partial charge in [0.15, 0.2) is 0 Å². The molecular weight excluding hydrogens is 332 g/mol. The number of rotatable bonds is 4. The van der Waals surface area contributed by atoms with Gasteiger partial charge in [0.25, 0.3) is 0 Å². The highest BCUT2D eigenvalue weighted by Crippen LogP contribution is 2.33. The van der Waals surface area contributed by atoms with Crippen LogP contribution in [-0.4, -0.2) is 29.2 Å². The van der Waals surface area contributed by atoms with Gasteiger partial charge >= 0.3 is 0 Å². The maximum absolute atomic E-state index is 10.2. The summed E-state index contributed by atoms with van der Waals surface area (Å²) < 4.78 is 0. The molecule has 0 amide bonds. The fourth-order valence-electron chi connectivity index (χ4n) is 2.18. The lowest BCUT2D eigenvalue weighted by atomic mass is 9.78. The third-order valence-electron chi connectivity index (χ3n) is 3.53. The normalized spacial score (nSPS) is 9.08. The van der Waals surface area contributed by atoms with E-state index in [9.17, 15) is 9.59 Å². The highest BCUT2D eigenvalue weighted by molar-refractivity contribution is 5.53. The first kappa shape index (κ1) is 25.4. The Kier molecular flexibility index (Phi) is 12.2. The van der Waals surface area contributed by atoms with Crippen LogP contribution in [0.2, 0.25) is 0 Å². The fourth-order valence-corrected chi connectivity index (χ4v) is 2.18. The highest BCUT2D eigenvalue weighted by atomic mass is 16.5. The van der Waals surface area contributed by atoms with E-state index in [4.69, 9.17) is 10.2 Å². The van der Waals surface area contributed by atoms with Crippen molar-refractivity contribution in [2.75, 3.05) is 6.79 Å². The van der Waals surface area contributed by atoms with Crippen molar-refractivity contribution in [1.82, 2.24) is 0 Å². The summed E-state index contributed by atoms with van der Waals surface area (Å²) in [6.07, 6.45) is 3.05. The van der Waals surface area contributed by atoms with Gasteiger partial charge in [-0.3, -0.25) is 0 Å². The highest BCUT2D eigenvalue weighted by Gasteiger charge is 2.22. The van der Waals surface area contributed by atoms with Crippen molar-refractivity contribution in [3.63, 3.8) is 0 Å². The third kappa shape index (κ3) is 6.93. The molecule has 2 aromatic carbocycles. The van der Waals surface area contributed by atoms with E-state index in [1.165, 1.54) is 12.2 Å². The quantitative estimate of drug-likeness (QED) is 0.487. The van der Waals surface area contributed by atoms with Crippen LogP contribution in [0.3, 0.4) is 0 Å². The third-order valence-corrected chi connectivity index (χ3v) is 3.53. The molecule has 0 unspecified atom stereocenters. The first-order valence-electron chi connectivity index (χ1n) is 7.08. The predicted octanol–water partition coefficient (Wildman–Crippen LogP) is 4.15. The van der Waals surface area contributed by atoms with E-state index in [0.717, 1.165) is 11.1 Å². The minimum atomic E-state index is -0.750. The second kappa shape index (κ2) is 12.5. The number of isocyanates is 2. The number of aliphatic hydroxyl groups excluding tert-OH is 1. The van der Waals surface area contributed by atoms with Gasteiger partial charge in [0.2, 0.25) is 12.2 Å². The first-order chi connectivity index (χ1) is 11.5. The summed E-state index contributed by atoms with van der Waals surface area (Å²) in [6, 6.07) is 14.9. The summed E-state index contributed by atoms with van der Waals surface area (Å²) >= 11 is 0. The maximum atomic E-state index is 10.2. The fraction of sp³-hybridized carbons (Fsp3) is 0.300. The number of hydrogen-bond donors (Lipinski definition) is 2. The van der Waals surface area contributed by atoms with Gasteiger partial charge in [-0.1, -0.05) is 53.0 Å². The van der Waals surface area contributed by atoms with Crippen LogP contribution >= 0.6 is 0 Å². The molecule has 0 fully saturated rings. The molecule has 140 valence electrons. The Morgan fingerprint density at radius 1 is 0.769 bits per heavy atom. The van der Waals surface area contributed by atoms with Crippen molar-refractivity contribution in [3.05, 3.63) is 59.7 Å². The van der Waals surface area contributed by atoms with Gasteiger partial charge in [-0.25, -0.2) is 9.59 Å². The van der Waals surface area contributed by atoms with Crippen LogP contribution in [0.1, 0.15) is 39.8 Å². The molecule has 0 heterocycles. The molecule has 2 N–H and O–H groups in total. The van der Waals surface area contributed by atoms with Crippen molar-refractivity contribution in [3.8, 4) is 0 Å². The second-order valence-corrected chi connectivity index (χ2v) is 5.27. The average molecular weight is 358 g/mol. The van der Waals surface area contributed by atoms with E-state index < -0.39 is 6.79 Å². The Balaban J connectivity index is 0. The minimum Gasteiger partial charge on any atom is -0.371 e. The lowest BCUT2D eigenvalue weighted by Gasteiger charge is -2.26. The Hall–Kier alpha value is -2.88. The van der Waals surface area contributed by atoms with Crippen molar-refractivity contribution in [2.24, 2.45) is 9.98 Å². The molecule has 0 saturated heterocycles. The number of nitrogens with zero attached hydrogens (tertiary/aromatic N) is 2. The first-order valence-corrected chi connectivity index (χ1v) is 7.08. The Morgan fingerprint density at radius 3 is 1.27 bits per heavy atom. The van der Waals surface area contributed by atoms with Gasteiger partial charge in [-0.2, -0.15) is 9.98 Å². The van der Waals surface area contributed by atoms with E-state index in [1.54, 1.807) is 24.3 Å². The Labute approximate surface area is 154 Å². The topological polar surface area (TPSA) is 99.3 Å². The SMILES string of the molecule is C.C.CC(C)(c1ccc(N=C=O)cc1)c1ccc(N=C=O)cc1.OCO. The molecule has 0 aliphatic heterocycles. The lowest BCUT2D eigenvalue weighted by Crippen LogP contribution is -2.18. The van der Waals surface area contributed by atoms with E-state index in [0.29, 0.717) is 11.4 Å². The molecular formula is C20H26N2O4. The monoisotopic (exact) mass is 358 g/mol. The molecule has 6 heteroatoms. The average Bonchev–Trinajstić information content (AvgIpc) is 2.57. The molecule has 0 radical (unpaired) electrons. The zero-order valence-corrected chi connectivity index (χ0v) is 13.4. The molecule has 0 atom stereocenters. The van der Waals surface area contributed by atoms with E-state index >= 15 is 0 Å². The molecule has 26 heavy (non-hydrogen) atoms. The van der Waals surface area contributed by atoms with Gasteiger partial charge in [-0.05, 0) is 35.4 Å². The van der Waals surface area contributed by atoms with Crippen molar-refractivity contribution in [2.45, 2.75) is 34.1 Å². The summed E-state index contributed by atoms with van der Waals surface area (Å²) in [5.41, 5.74) is 3.14. The zero-order valence-electron chi connectivity index (χ0n) is 13.4. The number of benzene rings is 2. The van der Waals surface area contributed by atoms with Gasteiger partial charge in [0.1, 0.15) is 6.79 Å². The van der Waals surface area contributed by atoms with Crippen molar-refractivity contribution in [1.29, 1.82) is 0 Å². The number of carbonyl (C=O) groups excluding carboxylic acids is 2. The molecule has 0 aromatic heterocycles. The molecule has 0 aliphatic rings. The largest absolute Gasteiger partial charge is 0.371 e. The number of hydrogen-bond acceptors (Lipinski definition) is 6. The molecule has 0 bridgehead atoms. The van der Waals surface area contributed by atoms with E-state index in [-0.39, 0.29) is 20.3 Å². The summed E-state index contributed by atoms with van der Waals surface area (Å²) in [5.74, 6) is 0. The van der Waals surface area contributed by atoms with Crippen LogP contribution in [-0.2, 0) is 15.0 Å². The number of aliphatic imine (C=N–C) groups is 2. The lowest BCUT2D eigenvalue weighted by molar-refractivity contribution is 0.0773. The summed E-state index contributed by atoms with van der Waals surface area (Å²) in [7, 11) is 0. The maximum Gasteiger partial charge on any atom is 0.240 e. The van der Waals surface area contributed by atoms with Crippen LogP contribution < -0.4 is 0 Å². The predicted molar refractivity (Wildman–Crippen MR) is 103 cm³/mol. The van der Waals surface area contributed by atoms with Crippen LogP contribution in [0.25, 0.3) is 0 Å². The van der Waals surface area contributed by atoms with Crippen LogP contribution in [0.5, 0.6) is 0 Å². The summed E-state index contributed by atoms with van der Waals surface area (Å²) in [6.45, 7) is 3.45. The van der Waals surface area contributed by atoms with E-state index in [2.05, 4.69) is 23.8 Å². The van der Waals surface area contributed by atoms with Crippen LogP contribution in [0, 0.1) is 0 Å². The standard InChI is InChI=1S/C17H14N2O2.CH4O2.2CH4/c1-17(2,13-3-7-15(8-4-13)18-11-20)14-5-9-16(10-6-14)19-12-21;2-1-3;;/h3-10H,1-2H3;2-3H,1H2;2*1H4. The Bertz CT molecular complexity index is 677. The van der Waals surface area contributed by atoms with Crippen LogP contribution in [0.15, 0.2) is 58.5 Å². The van der Waals surface area contributed by atoms with Gasteiger partial charge in [-0.15, -0.1) is 0 Å². The molecule has 6 nitrogen and oxygen atoms in total. The van der Waals surface area contributed by atoms with E-state index in [1.807, 2.05) is 24.3 Å².